The highest BCUT2D eigenvalue weighted by molar-refractivity contribution is 9.10. The molecular formula is C12H16BrFN2O2S. The molecular weight excluding hydrogens is 335 g/mol. The first-order chi connectivity index (χ1) is 8.79. The lowest BCUT2D eigenvalue weighted by Gasteiger charge is -2.14. The lowest BCUT2D eigenvalue weighted by molar-refractivity contribution is 0.526. The summed E-state index contributed by atoms with van der Waals surface area (Å²) in [5.74, 6) is -0.321. The number of nitrogen functional groups attached to an aromatic ring is 1. The number of nitrogens with one attached hydrogen (secondary N) is 1. The molecule has 3 N–H and O–H groups in total. The number of sulfonamides is 1. The highest BCUT2D eigenvalue weighted by Crippen LogP contribution is 2.29. The second kappa shape index (κ2) is 5.38. The summed E-state index contributed by atoms with van der Waals surface area (Å²) in [5, 5.41) is 0. The summed E-state index contributed by atoms with van der Waals surface area (Å²) in [7, 11) is -3.88. The van der Waals surface area contributed by atoms with E-state index in [1.54, 1.807) is 0 Å². The van der Waals surface area contributed by atoms with Crippen molar-refractivity contribution < 1.29 is 12.8 Å². The van der Waals surface area contributed by atoms with Gasteiger partial charge < -0.3 is 5.73 Å². The van der Waals surface area contributed by atoms with Gasteiger partial charge in [0.1, 0.15) is 4.90 Å². The van der Waals surface area contributed by atoms with Crippen molar-refractivity contribution in [2.45, 2.75) is 37.1 Å². The summed E-state index contributed by atoms with van der Waals surface area (Å²) in [5.41, 5.74) is 5.77. The van der Waals surface area contributed by atoms with Crippen LogP contribution in [0, 0.1) is 11.7 Å². The van der Waals surface area contributed by atoms with Crippen LogP contribution in [0.25, 0.3) is 0 Å². The predicted molar refractivity (Wildman–Crippen MR) is 75.6 cm³/mol. The van der Waals surface area contributed by atoms with Crippen molar-refractivity contribution >= 4 is 31.6 Å². The van der Waals surface area contributed by atoms with Gasteiger partial charge in [0.2, 0.25) is 10.0 Å². The molecule has 0 amide bonds. The van der Waals surface area contributed by atoms with Crippen LogP contribution in [-0.2, 0) is 10.0 Å². The number of nitrogens with two attached hydrogens (primary N) is 1. The summed E-state index contributed by atoms with van der Waals surface area (Å²) < 4.78 is 40.9. The Morgan fingerprint density at radius 3 is 2.68 bits per heavy atom. The van der Waals surface area contributed by atoms with Crippen LogP contribution >= 0.6 is 15.9 Å². The predicted octanol–water partition coefficient (Wildman–Crippen LogP) is 2.64. The molecule has 1 aromatic rings. The second-order valence-electron chi connectivity index (χ2n) is 5.05. The largest absolute Gasteiger partial charge is 0.399 e. The van der Waals surface area contributed by atoms with Gasteiger partial charge in [-0.2, -0.15) is 0 Å². The van der Waals surface area contributed by atoms with Gasteiger partial charge >= 0.3 is 0 Å². The fourth-order valence-corrected chi connectivity index (χ4v) is 4.40. The van der Waals surface area contributed by atoms with Gasteiger partial charge in [-0.15, -0.1) is 0 Å². The summed E-state index contributed by atoms with van der Waals surface area (Å²) in [6.45, 7) is 2.08. The van der Waals surface area contributed by atoms with Gasteiger partial charge in [-0.05, 0) is 53.2 Å². The highest BCUT2D eigenvalue weighted by Gasteiger charge is 2.29. The topological polar surface area (TPSA) is 72.2 Å². The minimum Gasteiger partial charge on any atom is -0.399 e. The Morgan fingerprint density at radius 2 is 2.11 bits per heavy atom. The van der Waals surface area contributed by atoms with E-state index in [-0.39, 0.29) is 16.2 Å². The van der Waals surface area contributed by atoms with Gasteiger partial charge in [-0.1, -0.05) is 6.92 Å². The quantitative estimate of drug-likeness (QED) is 0.823. The fourth-order valence-electron chi connectivity index (χ4n) is 2.38. The number of anilines is 1. The molecule has 0 spiro atoms. The minimum atomic E-state index is -3.88. The Morgan fingerprint density at radius 1 is 1.42 bits per heavy atom. The number of hydrogen-bond acceptors (Lipinski definition) is 3. The van der Waals surface area contributed by atoms with Crippen LogP contribution in [0.15, 0.2) is 21.5 Å². The van der Waals surface area contributed by atoms with Crippen molar-refractivity contribution in [2.24, 2.45) is 5.92 Å². The first-order valence-electron chi connectivity index (χ1n) is 6.06. The Kier molecular flexibility index (Phi) is 4.17. The fraction of sp³-hybridized carbons (Fsp3) is 0.500. The minimum absolute atomic E-state index is 0.0488. The molecule has 19 heavy (non-hydrogen) atoms. The molecule has 0 aliphatic heterocycles. The van der Waals surface area contributed by atoms with E-state index >= 15 is 0 Å². The molecule has 1 aromatic carbocycles. The van der Waals surface area contributed by atoms with Crippen LogP contribution < -0.4 is 10.5 Å². The lowest BCUT2D eigenvalue weighted by atomic mass is 10.1. The number of hydrogen-bond donors (Lipinski definition) is 2. The van der Waals surface area contributed by atoms with Gasteiger partial charge in [-0.3, -0.25) is 0 Å². The molecule has 7 heteroatoms. The van der Waals surface area contributed by atoms with E-state index in [4.69, 9.17) is 5.73 Å². The van der Waals surface area contributed by atoms with Crippen molar-refractivity contribution in [3.05, 3.63) is 22.4 Å². The van der Waals surface area contributed by atoms with E-state index in [1.807, 2.05) is 0 Å². The van der Waals surface area contributed by atoms with Crippen LogP contribution in [0.3, 0.4) is 0 Å². The third-order valence-electron chi connectivity index (χ3n) is 3.32. The molecule has 0 radical (unpaired) electrons. The molecule has 1 fully saturated rings. The number of rotatable bonds is 3. The molecule has 106 valence electrons. The molecule has 0 aromatic heterocycles. The van der Waals surface area contributed by atoms with Crippen LogP contribution in [0.2, 0.25) is 0 Å². The van der Waals surface area contributed by atoms with Crippen molar-refractivity contribution in [3.63, 3.8) is 0 Å². The standard InChI is InChI=1S/C12H16BrFN2O2S/c1-7-2-3-9(4-7)16-19(17,18)11-6-8(15)5-10(13)12(11)14/h5-7,9,16H,2-4,15H2,1H3. The zero-order chi connectivity index (χ0) is 14.2. The molecule has 1 saturated carbocycles. The SMILES string of the molecule is CC1CCC(NS(=O)(=O)c2cc(N)cc(Br)c2F)C1. The van der Waals surface area contributed by atoms with Gasteiger partial charge in [0, 0.05) is 11.7 Å². The average molecular weight is 351 g/mol. The Hall–Kier alpha value is -0.660. The monoisotopic (exact) mass is 350 g/mol. The lowest BCUT2D eigenvalue weighted by Crippen LogP contribution is -2.33. The third kappa shape index (κ3) is 3.27. The Labute approximate surface area is 120 Å². The van der Waals surface area contributed by atoms with Crippen molar-refractivity contribution in [1.29, 1.82) is 0 Å². The molecule has 2 unspecified atom stereocenters. The summed E-state index contributed by atoms with van der Waals surface area (Å²) in [6.07, 6.45) is 2.55. The van der Waals surface area contributed by atoms with Gasteiger partial charge in [-0.25, -0.2) is 17.5 Å². The van der Waals surface area contributed by atoms with Crippen LogP contribution in [0.1, 0.15) is 26.2 Å². The zero-order valence-corrected chi connectivity index (χ0v) is 12.9. The molecule has 4 nitrogen and oxygen atoms in total. The van der Waals surface area contributed by atoms with E-state index in [2.05, 4.69) is 27.6 Å². The van der Waals surface area contributed by atoms with E-state index in [0.29, 0.717) is 5.92 Å². The third-order valence-corrected chi connectivity index (χ3v) is 5.42. The molecule has 0 bridgehead atoms. The molecule has 1 aliphatic rings. The first kappa shape index (κ1) is 14.7. The smallest absolute Gasteiger partial charge is 0.243 e. The molecule has 2 atom stereocenters. The Balaban J connectivity index is 2.29. The van der Waals surface area contributed by atoms with Gasteiger partial charge in [0.05, 0.1) is 4.47 Å². The highest BCUT2D eigenvalue weighted by atomic mass is 79.9. The van der Waals surface area contributed by atoms with Crippen molar-refractivity contribution in [2.75, 3.05) is 5.73 Å². The summed E-state index contributed by atoms with van der Waals surface area (Å²) >= 11 is 2.96. The van der Waals surface area contributed by atoms with Crippen LogP contribution in [0.5, 0.6) is 0 Å². The molecule has 0 heterocycles. The van der Waals surface area contributed by atoms with E-state index in [9.17, 15) is 12.8 Å². The molecule has 1 aliphatic carbocycles. The van der Waals surface area contributed by atoms with E-state index < -0.39 is 20.7 Å². The number of benzene rings is 1. The zero-order valence-electron chi connectivity index (χ0n) is 10.5. The maximum absolute atomic E-state index is 13.9. The van der Waals surface area contributed by atoms with Crippen molar-refractivity contribution in [1.82, 2.24) is 4.72 Å². The molecule has 0 saturated heterocycles. The van der Waals surface area contributed by atoms with E-state index in [0.717, 1.165) is 25.3 Å². The first-order valence-corrected chi connectivity index (χ1v) is 8.34. The second-order valence-corrected chi connectivity index (χ2v) is 7.59. The maximum Gasteiger partial charge on any atom is 0.243 e. The maximum atomic E-state index is 13.9. The van der Waals surface area contributed by atoms with Gasteiger partial charge in [0.25, 0.3) is 0 Å². The van der Waals surface area contributed by atoms with Crippen LogP contribution in [0.4, 0.5) is 10.1 Å². The Bertz CT molecular complexity index is 592. The molecule has 2 rings (SSSR count). The average Bonchev–Trinajstić information content (AvgIpc) is 2.68. The normalized spacial score (nSPS) is 23.7. The van der Waals surface area contributed by atoms with Crippen molar-refractivity contribution in [3.8, 4) is 0 Å². The number of halogens is 2. The van der Waals surface area contributed by atoms with Crippen LogP contribution in [-0.4, -0.2) is 14.5 Å². The summed E-state index contributed by atoms with van der Waals surface area (Å²) in [6, 6.07) is 2.35. The summed E-state index contributed by atoms with van der Waals surface area (Å²) in [4.78, 5) is -0.404. The van der Waals surface area contributed by atoms with E-state index in [1.165, 1.54) is 6.07 Å². The van der Waals surface area contributed by atoms with Gasteiger partial charge in [0.15, 0.2) is 5.82 Å².